The number of nitrogens with one attached hydrogen (secondary N) is 1. The summed E-state index contributed by atoms with van der Waals surface area (Å²) < 4.78 is 11.3. The van der Waals surface area contributed by atoms with Crippen molar-refractivity contribution in [2.24, 2.45) is 0 Å². The van der Waals surface area contributed by atoms with E-state index < -0.39 is 11.8 Å². The predicted molar refractivity (Wildman–Crippen MR) is 104 cm³/mol. The third-order valence-electron chi connectivity index (χ3n) is 3.77. The van der Waals surface area contributed by atoms with Gasteiger partial charge in [0.2, 0.25) is 0 Å². The van der Waals surface area contributed by atoms with Crippen LogP contribution in [0, 0.1) is 6.92 Å². The molecule has 7 heteroatoms. The minimum atomic E-state index is -0.533. The third kappa shape index (κ3) is 3.94. The van der Waals surface area contributed by atoms with Gasteiger partial charge in [-0.1, -0.05) is 6.08 Å². The molecule has 0 bridgehead atoms. The summed E-state index contributed by atoms with van der Waals surface area (Å²) >= 11 is 5.06. The molecule has 2 rings (SSSR count). The monoisotopic (exact) mass is 374 g/mol. The van der Waals surface area contributed by atoms with Crippen LogP contribution in [0.4, 0.5) is 0 Å². The molecule has 1 heterocycles. The highest BCUT2D eigenvalue weighted by Gasteiger charge is 2.33. The molecule has 0 aliphatic carbocycles. The Kier molecular flexibility index (Phi) is 6.52. The van der Waals surface area contributed by atoms with E-state index in [0.29, 0.717) is 30.3 Å². The summed E-state index contributed by atoms with van der Waals surface area (Å²) in [5, 5.41) is 2.60. The Morgan fingerprint density at radius 3 is 2.54 bits per heavy atom. The van der Waals surface area contributed by atoms with Gasteiger partial charge in [0, 0.05) is 17.7 Å². The van der Waals surface area contributed by atoms with Crippen LogP contribution in [0.25, 0.3) is 6.08 Å². The van der Waals surface area contributed by atoms with Crippen molar-refractivity contribution in [3.8, 4) is 11.5 Å². The topological polar surface area (TPSA) is 67.9 Å². The molecule has 1 aliphatic rings. The Morgan fingerprint density at radius 1 is 1.23 bits per heavy atom. The van der Waals surface area contributed by atoms with Crippen molar-refractivity contribution in [1.82, 2.24) is 10.2 Å². The minimum Gasteiger partial charge on any atom is -0.493 e. The number of ether oxygens (including phenoxy) is 2. The molecule has 2 amide bonds. The van der Waals surface area contributed by atoms with Gasteiger partial charge in [-0.25, -0.2) is 0 Å². The van der Waals surface area contributed by atoms with Crippen molar-refractivity contribution in [3.05, 3.63) is 41.5 Å². The van der Waals surface area contributed by atoms with E-state index in [0.717, 1.165) is 5.56 Å². The lowest BCUT2D eigenvalue weighted by atomic mass is 10.0. The van der Waals surface area contributed by atoms with Crippen LogP contribution < -0.4 is 14.8 Å². The van der Waals surface area contributed by atoms with Crippen LogP contribution in [0.1, 0.15) is 25.0 Å². The van der Waals surface area contributed by atoms with E-state index in [1.165, 1.54) is 11.0 Å². The fourth-order valence-electron chi connectivity index (χ4n) is 2.60. The quantitative estimate of drug-likeness (QED) is 0.344. The molecule has 0 spiro atoms. The number of amides is 2. The van der Waals surface area contributed by atoms with Crippen molar-refractivity contribution in [1.29, 1.82) is 0 Å². The lowest BCUT2D eigenvalue weighted by molar-refractivity contribution is -0.128. The summed E-state index contributed by atoms with van der Waals surface area (Å²) in [6.45, 7) is 10.4. The van der Waals surface area contributed by atoms with Gasteiger partial charge in [0.05, 0.1) is 13.2 Å². The molecule has 6 nitrogen and oxygen atoms in total. The van der Waals surface area contributed by atoms with E-state index in [1.807, 2.05) is 20.8 Å². The molecule has 0 saturated carbocycles. The number of thiocarbonyl (C=S) groups is 1. The highest BCUT2D eigenvalue weighted by Crippen LogP contribution is 2.33. The van der Waals surface area contributed by atoms with Gasteiger partial charge in [0.15, 0.2) is 5.11 Å². The molecule has 1 fully saturated rings. The molecule has 26 heavy (non-hydrogen) atoms. The van der Waals surface area contributed by atoms with Crippen LogP contribution in [-0.2, 0) is 9.59 Å². The Labute approximate surface area is 158 Å². The van der Waals surface area contributed by atoms with Crippen LogP contribution in [0.3, 0.4) is 0 Å². The van der Waals surface area contributed by atoms with E-state index >= 15 is 0 Å². The first-order chi connectivity index (χ1) is 12.4. The maximum Gasteiger partial charge on any atom is 0.265 e. The maximum atomic E-state index is 12.7. The van der Waals surface area contributed by atoms with Gasteiger partial charge >= 0.3 is 0 Å². The van der Waals surface area contributed by atoms with E-state index in [4.69, 9.17) is 21.7 Å². The lowest BCUT2D eigenvalue weighted by Crippen LogP contribution is -2.53. The first-order valence-electron chi connectivity index (χ1n) is 8.33. The lowest BCUT2D eigenvalue weighted by Gasteiger charge is -2.28. The summed E-state index contributed by atoms with van der Waals surface area (Å²) in [5.41, 5.74) is 1.42. The minimum absolute atomic E-state index is 0.00929. The van der Waals surface area contributed by atoms with Gasteiger partial charge in [0.1, 0.15) is 17.1 Å². The Morgan fingerprint density at radius 2 is 1.92 bits per heavy atom. The second-order valence-electron chi connectivity index (χ2n) is 5.49. The average Bonchev–Trinajstić information content (AvgIpc) is 2.60. The van der Waals surface area contributed by atoms with Crippen LogP contribution in [-0.4, -0.2) is 41.6 Å². The largest absolute Gasteiger partial charge is 0.493 e. The molecule has 1 aliphatic heterocycles. The molecule has 0 atom stereocenters. The zero-order chi connectivity index (χ0) is 19.3. The summed E-state index contributed by atoms with van der Waals surface area (Å²) in [6, 6.07) is 3.56. The molecular weight excluding hydrogens is 352 g/mol. The van der Waals surface area contributed by atoms with Crippen molar-refractivity contribution in [3.63, 3.8) is 0 Å². The van der Waals surface area contributed by atoms with Gasteiger partial charge < -0.3 is 9.47 Å². The fourth-order valence-corrected chi connectivity index (χ4v) is 2.85. The first-order valence-corrected chi connectivity index (χ1v) is 8.74. The molecular formula is C19H22N2O4S. The number of nitrogens with zero attached hydrogens (tertiary/aromatic N) is 1. The van der Waals surface area contributed by atoms with E-state index in [9.17, 15) is 9.59 Å². The van der Waals surface area contributed by atoms with Gasteiger partial charge in [-0.05, 0) is 51.2 Å². The van der Waals surface area contributed by atoms with Gasteiger partial charge in [0.25, 0.3) is 11.8 Å². The summed E-state index contributed by atoms with van der Waals surface area (Å²) in [6.07, 6.45) is 3.06. The summed E-state index contributed by atoms with van der Waals surface area (Å²) in [5.74, 6) is 0.281. The second-order valence-corrected chi connectivity index (χ2v) is 5.88. The summed E-state index contributed by atoms with van der Waals surface area (Å²) in [4.78, 5) is 26.2. The van der Waals surface area contributed by atoms with Crippen LogP contribution in [0.15, 0.2) is 30.4 Å². The fraction of sp³-hybridized carbons (Fsp3) is 0.316. The SMILES string of the molecule is C=CCN1C(=O)/C(=C/c2ccc(OCC)c(C)c2OCC)C(=O)NC1=S. The van der Waals surface area contributed by atoms with E-state index in [2.05, 4.69) is 11.9 Å². The number of hydrogen-bond donors (Lipinski definition) is 1. The molecule has 1 N–H and O–H groups in total. The number of rotatable bonds is 7. The molecule has 0 unspecified atom stereocenters. The Bertz CT molecular complexity index is 786. The first kappa shape index (κ1) is 19.7. The third-order valence-corrected chi connectivity index (χ3v) is 4.09. The van der Waals surface area contributed by atoms with Crippen molar-refractivity contribution < 1.29 is 19.1 Å². The van der Waals surface area contributed by atoms with Crippen LogP contribution in [0.2, 0.25) is 0 Å². The average molecular weight is 374 g/mol. The van der Waals surface area contributed by atoms with Crippen molar-refractivity contribution >= 4 is 35.2 Å². The Hall–Kier alpha value is -2.67. The molecule has 0 radical (unpaired) electrons. The maximum absolute atomic E-state index is 12.7. The molecule has 138 valence electrons. The van der Waals surface area contributed by atoms with E-state index in [1.54, 1.807) is 18.2 Å². The van der Waals surface area contributed by atoms with Gasteiger partial charge in [-0.2, -0.15) is 0 Å². The molecule has 1 aromatic rings. The zero-order valence-corrected chi connectivity index (χ0v) is 15.9. The normalized spacial score (nSPS) is 15.9. The second kappa shape index (κ2) is 8.62. The van der Waals surface area contributed by atoms with Crippen molar-refractivity contribution in [2.75, 3.05) is 19.8 Å². The standard InChI is InChI=1S/C19H22N2O4S/c1-5-10-21-18(23)14(17(22)20-19(21)26)11-13-8-9-15(24-6-2)12(4)16(13)25-7-3/h5,8-9,11H,1,6-7,10H2,2-4H3,(H,20,22,26)/b14-11+. The highest BCUT2D eigenvalue weighted by molar-refractivity contribution is 7.80. The van der Waals surface area contributed by atoms with Gasteiger partial charge in [-0.3, -0.25) is 19.8 Å². The number of carbonyl (C=O) groups is 2. The molecule has 1 aromatic carbocycles. The molecule has 0 aromatic heterocycles. The predicted octanol–water partition coefficient (Wildman–Crippen LogP) is 2.61. The summed E-state index contributed by atoms with van der Waals surface area (Å²) in [7, 11) is 0. The van der Waals surface area contributed by atoms with Crippen LogP contribution in [0.5, 0.6) is 11.5 Å². The number of benzene rings is 1. The van der Waals surface area contributed by atoms with Gasteiger partial charge in [-0.15, -0.1) is 6.58 Å². The molecule has 1 saturated heterocycles. The highest BCUT2D eigenvalue weighted by atomic mass is 32.1. The number of carbonyl (C=O) groups excluding carboxylic acids is 2. The Balaban J connectivity index is 2.51. The number of hydrogen-bond acceptors (Lipinski definition) is 5. The smallest absolute Gasteiger partial charge is 0.265 e. The van der Waals surface area contributed by atoms with Crippen molar-refractivity contribution in [2.45, 2.75) is 20.8 Å². The zero-order valence-electron chi connectivity index (χ0n) is 15.1. The van der Waals surface area contributed by atoms with Crippen LogP contribution >= 0.6 is 12.2 Å². The van der Waals surface area contributed by atoms with E-state index in [-0.39, 0.29) is 17.2 Å².